The van der Waals surface area contributed by atoms with Crippen LogP contribution in [0.15, 0.2) is 24.3 Å². The monoisotopic (exact) mass is 348 g/mol. The maximum atomic E-state index is 12.8. The molecule has 0 radical (unpaired) electrons. The van der Waals surface area contributed by atoms with Crippen molar-refractivity contribution in [2.75, 3.05) is 31.1 Å². The summed E-state index contributed by atoms with van der Waals surface area (Å²) in [6.07, 6.45) is 0.0866. The smallest absolute Gasteiger partial charge is 0.414 e. The second-order valence-corrected chi connectivity index (χ2v) is 6.17. The number of hydrogen-bond donors (Lipinski definition) is 2. The van der Waals surface area contributed by atoms with Gasteiger partial charge < -0.3 is 14.5 Å². The van der Waals surface area contributed by atoms with Crippen molar-refractivity contribution in [3.05, 3.63) is 29.8 Å². The van der Waals surface area contributed by atoms with E-state index in [1.54, 1.807) is 6.92 Å². The molecule has 0 aliphatic carbocycles. The normalized spacial score (nSPS) is 16.9. The molecule has 0 saturated carbocycles. The molecule has 136 valence electrons. The standard InChI is InChI=1S/C18H25N3O4/c1-4-20(11-16(22)19-18(24)25-5-2)12-17(23)21-13(3)10-14-8-6-7-9-15(14)21/h6-9,13H,4-5,10-12H2,1-3H3,(H,19,22,24)/p+1/t13-/m0/s1. The van der Waals surface area contributed by atoms with Gasteiger partial charge in [0.2, 0.25) is 0 Å². The number of likely N-dealkylation sites (N-methyl/N-ethyl adjacent to an activating group) is 1. The molecular weight excluding hydrogens is 322 g/mol. The Kier molecular flexibility index (Phi) is 6.52. The number of carbonyl (C=O) groups is 3. The second-order valence-electron chi connectivity index (χ2n) is 6.17. The number of para-hydroxylation sites is 1. The Morgan fingerprint density at radius 2 is 1.96 bits per heavy atom. The van der Waals surface area contributed by atoms with Gasteiger partial charge in [-0.05, 0) is 38.8 Å². The van der Waals surface area contributed by atoms with Gasteiger partial charge in [-0.3, -0.25) is 14.9 Å². The minimum absolute atomic E-state index is 0.0155. The Bertz CT molecular complexity index is 647. The summed E-state index contributed by atoms with van der Waals surface area (Å²) in [6, 6.07) is 8.00. The Morgan fingerprint density at radius 1 is 1.24 bits per heavy atom. The number of imide groups is 1. The third-order valence-corrected chi connectivity index (χ3v) is 4.30. The molecule has 1 aromatic rings. The summed E-state index contributed by atoms with van der Waals surface area (Å²) >= 11 is 0. The van der Waals surface area contributed by atoms with E-state index in [1.165, 1.54) is 5.56 Å². The zero-order valence-electron chi connectivity index (χ0n) is 15.0. The summed E-state index contributed by atoms with van der Waals surface area (Å²) in [5, 5.41) is 2.17. The van der Waals surface area contributed by atoms with Crippen LogP contribution in [0.25, 0.3) is 0 Å². The van der Waals surface area contributed by atoms with Gasteiger partial charge in [-0.15, -0.1) is 0 Å². The first kappa shape index (κ1) is 18.9. The number of hydrogen-bond acceptors (Lipinski definition) is 4. The van der Waals surface area contributed by atoms with Gasteiger partial charge in [0.25, 0.3) is 11.8 Å². The SMILES string of the molecule is CCOC(=O)NC(=O)C[NH+](CC)CC(=O)N1c2ccccc2C[C@@H]1C. The zero-order valence-corrected chi connectivity index (χ0v) is 15.0. The maximum absolute atomic E-state index is 12.8. The van der Waals surface area contributed by atoms with E-state index in [0.717, 1.165) is 17.0 Å². The first-order valence-electron chi connectivity index (χ1n) is 8.66. The van der Waals surface area contributed by atoms with Gasteiger partial charge in [0.1, 0.15) is 0 Å². The fourth-order valence-corrected chi connectivity index (χ4v) is 3.11. The van der Waals surface area contributed by atoms with Crippen molar-refractivity contribution in [1.82, 2.24) is 5.32 Å². The molecule has 3 amide bonds. The largest absolute Gasteiger partial charge is 0.450 e. The lowest BCUT2D eigenvalue weighted by Crippen LogP contribution is -3.14. The van der Waals surface area contributed by atoms with Crippen LogP contribution in [-0.4, -0.2) is 50.2 Å². The highest BCUT2D eigenvalue weighted by molar-refractivity contribution is 5.97. The molecule has 2 rings (SSSR count). The molecule has 0 saturated heterocycles. The highest BCUT2D eigenvalue weighted by atomic mass is 16.5. The van der Waals surface area contributed by atoms with Gasteiger partial charge in [0, 0.05) is 11.7 Å². The highest BCUT2D eigenvalue weighted by Crippen LogP contribution is 2.31. The lowest BCUT2D eigenvalue weighted by atomic mass is 10.1. The molecule has 1 aliphatic heterocycles. The second kappa shape index (κ2) is 8.62. The number of nitrogens with zero attached hydrogens (tertiary/aromatic N) is 1. The van der Waals surface area contributed by atoms with E-state index in [9.17, 15) is 14.4 Å². The van der Waals surface area contributed by atoms with E-state index in [2.05, 4.69) is 10.1 Å². The third kappa shape index (κ3) is 4.79. The van der Waals surface area contributed by atoms with Crippen LogP contribution in [0.1, 0.15) is 26.3 Å². The van der Waals surface area contributed by atoms with Crippen LogP contribution in [0.5, 0.6) is 0 Å². The van der Waals surface area contributed by atoms with E-state index in [4.69, 9.17) is 0 Å². The van der Waals surface area contributed by atoms with Crippen molar-refractivity contribution in [1.29, 1.82) is 0 Å². The summed E-state index contributed by atoms with van der Waals surface area (Å²) in [5.74, 6) is -0.462. The minimum Gasteiger partial charge on any atom is -0.450 e. The summed E-state index contributed by atoms with van der Waals surface area (Å²) in [5.41, 5.74) is 2.12. The van der Waals surface area contributed by atoms with Crippen molar-refractivity contribution in [2.45, 2.75) is 33.2 Å². The van der Waals surface area contributed by atoms with E-state index >= 15 is 0 Å². The zero-order chi connectivity index (χ0) is 18.4. The maximum Gasteiger partial charge on any atom is 0.414 e. The molecule has 25 heavy (non-hydrogen) atoms. The number of rotatable bonds is 6. The van der Waals surface area contributed by atoms with Crippen LogP contribution in [-0.2, 0) is 20.7 Å². The molecule has 1 aromatic carbocycles. The number of carbonyl (C=O) groups excluding carboxylic acids is 3. The Hall–Kier alpha value is -2.41. The third-order valence-electron chi connectivity index (χ3n) is 4.30. The fourth-order valence-electron chi connectivity index (χ4n) is 3.11. The lowest BCUT2D eigenvalue weighted by molar-refractivity contribution is -0.881. The highest BCUT2D eigenvalue weighted by Gasteiger charge is 2.32. The van der Waals surface area contributed by atoms with Crippen LogP contribution in [0.4, 0.5) is 10.5 Å². The first-order chi connectivity index (χ1) is 12.0. The van der Waals surface area contributed by atoms with E-state index < -0.39 is 12.0 Å². The van der Waals surface area contributed by atoms with E-state index in [0.29, 0.717) is 6.54 Å². The number of alkyl carbamates (subject to hydrolysis) is 1. The van der Waals surface area contributed by atoms with Crippen LogP contribution in [0.2, 0.25) is 0 Å². The van der Waals surface area contributed by atoms with Gasteiger partial charge in [0.15, 0.2) is 13.1 Å². The molecule has 1 unspecified atom stereocenters. The molecule has 2 atom stereocenters. The molecule has 0 bridgehead atoms. The Morgan fingerprint density at radius 3 is 2.64 bits per heavy atom. The van der Waals surface area contributed by atoms with Gasteiger partial charge in [-0.1, -0.05) is 18.2 Å². The predicted molar refractivity (Wildman–Crippen MR) is 93.5 cm³/mol. The van der Waals surface area contributed by atoms with Crippen LogP contribution < -0.4 is 15.1 Å². The summed E-state index contributed by atoms with van der Waals surface area (Å²) in [6.45, 7) is 6.65. The van der Waals surface area contributed by atoms with Crippen LogP contribution in [0.3, 0.4) is 0 Å². The molecule has 0 fully saturated rings. The van der Waals surface area contributed by atoms with Crippen LogP contribution in [0, 0.1) is 0 Å². The molecule has 0 spiro atoms. The number of ether oxygens (including phenoxy) is 1. The van der Waals surface area contributed by atoms with Crippen molar-refractivity contribution in [2.24, 2.45) is 0 Å². The summed E-state index contributed by atoms with van der Waals surface area (Å²) in [7, 11) is 0. The van der Waals surface area contributed by atoms with Gasteiger partial charge in [0.05, 0.1) is 13.2 Å². The fraction of sp³-hybridized carbons (Fsp3) is 0.500. The van der Waals surface area contributed by atoms with Crippen molar-refractivity contribution in [3.8, 4) is 0 Å². The quantitative estimate of drug-likeness (QED) is 0.767. The average Bonchev–Trinajstić information content (AvgIpc) is 2.89. The van der Waals surface area contributed by atoms with Gasteiger partial charge in [-0.25, -0.2) is 4.79 Å². The molecular formula is C18H26N3O4+. The topological polar surface area (TPSA) is 80.1 Å². The van der Waals surface area contributed by atoms with Crippen molar-refractivity contribution >= 4 is 23.6 Å². The first-order valence-corrected chi connectivity index (χ1v) is 8.66. The van der Waals surface area contributed by atoms with Gasteiger partial charge >= 0.3 is 6.09 Å². The molecule has 7 heteroatoms. The Balaban J connectivity index is 1.96. The molecule has 2 N–H and O–H groups in total. The van der Waals surface area contributed by atoms with Crippen LogP contribution >= 0.6 is 0 Å². The molecule has 7 nitrogen and oxygen atoms in total. The average molecular weight is 348 g/mol. The summed E-state index contributed by atoms with van der Waals surface area (Å²) in [4.78, 5) is 38.6. The van der Waals surface area contributed by atoms with Crippen molar-refractivity contribution < 1.29 is 24.0 Å². The molecule has 1 heterocycles. The number of anilines is 1. The number of nitrogens with one attached hydrogen (secondary N) is 2. The molecule has 0 aromatic heterocycles. The van der Waals surface area contributed by atoms with E-state index in [-0.39, 0.29) is 31.6 Å². The number of benzene rings is 1. The number of fused-ring (bicyclic) bond motifs is 1. The number of amides is 3. The Labute approximate surface area is 147 Å². The summed E-state index contributed by atoms with van der Waals surface area (Å²) < 4.78 is 4.69. The van der Waals surface area contributed by atoms with Crippen molar-refractivity contribution in [3.63, 3.8) is 0 Å². The molecule has 1 aliphatic rings. The number of quaternary nitrogens is 1. The predicted octanol–water partition coefficient (Wildman–Crippen LogP) is 0.142. The van der Waals surface area contributed by atoms with E-state index in [1.807, 2.05) is 43.0 Å². The lowest BCUT2D eigenvalue weighted by Gasteiger charge is -2.25. The minimum atomic E-state index is -0.753. The van der Waals surface area contributed by atoms with Gasteiger partial charge in [-0.2, -0.15) is 0 Å².